The molecule has 0 aromatic heterocycles. The van der Waals surface area contributed by atoms with Gasteiger partial charge in [0.25, 0.3) is 0 Å². The van der Waals surface area contributed by atoms with Crippen molar-refractivity contribution in [2.75, 3.05) is 13.7 Å². The molecule has 0 unspecified atom stereocenters. The lowest BCUT2D eigenvalue weighted by Crippen LogP contribution is -2.70. The van der Waals surface area contributed by atoms with Gasteiger partial charge in [-0.1, -0.05) is 13.8 Å². The zero-order valence-corrected chi connectivity index (χ0v) is 12.9. The van der Waals surface area contributed by atoms with Gasteiger partial charge in [-0.2, -0.15) is 0 Å². The molecule has 1 saturated heterocycles. The van der Waals surface area contributed by atoms with Gasteiger partial charge >= 0.3 is 0 Å². The third-order valence-corrected chi connectivity index (χ3v) is 4.99. The van der Waals surface area contributed by atoms with Crippen molar-refractivity contribution in [3.63, 3.8) is 0 Å². The van der Waals surface area contributed by atoms with Crippen molar-refractivity contribution < 1.29 is 14.6 Å². The minimum Gasteiger partial charge on any atom is -0.383 e. The SMILES string of the molecule is CO[C@]1(C)C[C@H](C(C)C)O[C@@H](C)[C@@]1(O)CNC1CC1. The summed E-state index contributed by atoms with van der Waals surface area (Å²) in [6.45, 7) is 8.81. The van der Waals surface area contributed by atoms with E-state index in [1.165, 1.54) is 12.8 Å². The van der Waals surface area contributed by atoms with Crippen LogP contribution in [0.2, 0.25) is 0 Å². The molecule has 112 valence electrons. The molecule has 0 bridgehead atoms. The van der Waals surface area contributed by atoms with Gasteiger partial charge in [-0.25, -0.2) is 0 Å². The molecule has 1 saturated carbocycles. The number of nitrogens with one attached hydrogen (secondary N) is 1. The van der Waals surface area contributed by atoms with Gasteiger partial charge in [0.2, 0.25) is 0 Å². The molecule has 0 aromatic carbocycles. The zero-order valence-electron chi connectivity index (χ0n) is 12.9. The van der Waals surface area contributed by atoms with E-state index >= 15 is 0 Å². The van der Waals surface area contributed by atoms with Crippen LogP contribution in [0.4, 0.5) is 0 Å². The van der Waals surface area contributed by atoms with Gasteiger partial charge in [0.1, 0.15) is 5.60 Å². The minimum atomic E-state index is -0.976. The molecule has 2 aliphatic rings. The van der Waals surface area contributed by atoms with Crippen LogP contribution in [-0.4, -0.2) is 48.2 Å². The molecular weight excluding hydrogens is 242 g/mol. The van der Waals surface area contributed by atoms with Gasteiger partial charge in [-0.15, -0.1) is 0 Å². The second kappa shape index (κ2) is 5.32. The molecule has 4 nitrogen and oxygen atoms in total. The molecule has 0 amide bonds. The van der Waals surface area contributed by atoms with E-state index in [-0.39, 0.29) is 12.2 Å². The Balaban J connectivity index is 2.14. The molecule has 4 atom stereocenters. The van der Waals surface area contributed by atoms with Crippen LogP contribution in [0, 0.1) is 5.92 Å². The summed E-state index contributed by atoms with van der Waals surface area (Å²) < 4.78 is 11.8. The van der Waals surface area contributed by atoms with Gasteiger partial charge in [-0.3, -0.25) is 0 Å². The molecule has 0 spiro atoms. The Hall–Kier alpha value is -0.160. The highest BCUT2D eigenvalue weighted by Gasteiger charge is 2.57. The summed E-state index contributed by atoms with van der Waals surface area (Å²) in [5.74, 6) is 0.429. The highest BCUT2D eigenvalue weighted by Crippen LogP contribution is 2.41. The minimum absolute atomic E-state index is 0.140. The number of hydrogen-bond donors (Lipinski definition) is 2. The van der Waals surface area contributed by atoms with Crippen molar-refractivity contribution in [3.8, 4) is 0 Å². The molecule has 1 aliphatic heterocycles. The number of methoxy groups -OCH3 is 1. The van der Waals surface area contributed by atoms with Crippen LogP contribution in [0.15, 0.2) is 0 Å². The first-order chi connectivity index (χ1) is 8.82. The fraction of sp³-hybridized carbons (Fsp3) is 1.00. The first-order valence-electron chi connectivity index (χ1n) is 7.49. The normalized spacial score (nSPS) is 43.7. The molecular formula is C15H29NO3. The molecule has 19 heavy (non-hydrogen) atoms. The number of rotatable bonds is 5. The maximum atomic E-state index is 11.1. The lowest BCUT2D eigenvalue weighted by atomic mass is 9.72. The Morgan fingerprint density at radius 3 is 2.53 bits per heavy atom. The Morgan fingerprint density at radius 2 is 2.05 bits per heavy atom. The van der Waals surface area contributed by atoms with E-state index in [0.717, 1.165) is 6.42 Å². The topological polar surface area (TPSA) is 50.7 Å². The summed E-state index contributed by atoms with van der Waals surface area (Å²) in [4.78, 5) is 0. The van der Waals surface area contributed by atoms with E-state index in [0.29, 0.717) is 18.5 Å². The van der Waals surface area contributed by atoms with Crippen LogP contribution < -0.4 is 5.32 Å². The van der Waals surface area contributed by atoms with Crippen molar-refractivity contribution in [3.05, 3.63) is 0 Å². The van der Waals surface area contributed by atoms with Crippen molar-refractivity contribution in [2.24, 2.45) is 5.92 Å². The largest absolute Gasteiger partial charge is 0.383 e. The second-order valence-corrected chi connectivity index (χ2v) is 6.78. The molecule has 2 rings (SSSR count). The fourth-order valence-electron chi connectivity index (χ4n) is 2.98. The highest BCUT2D eigenvalue weighted by molar-refractivity contribution is 5.09. The Morgan fingerprint density at radius 1 is 1.42 bits per heavy atom. The van der Waals surface area contributed by atoms with Gasteiger partial charge in [-0.05, 0) is 32.6 Å². The highest BCUT2D eigenvalue weighted by atomic mass is 16.6. The fourth-order valence-corrected chi connectivity index (χ4v) is 2.98. The van der Waals surface area contributed by atoms with Crippen LogP contribution in [0.1, 0.15) is 47.0 Å². The molecule has 0 radical (unpaired) electrons. The second-order valence-electron chi connectivity index (χ2n) is 6.78. The maximum absolute atomic E-state index is 11.1. The predicted octanol–water partition coefficient (Wildman–Crippen LogP) is 1.71. The quantitative estimate of drug-likeness (QED) is 0.799. The van der Waals surface area contributed by atoms with Crippen LogP contribution in [-0.2, 0) is 9.47 Å². The van der Waals surface area contributed by atoms with Crippen molar-refractivity contribution in [1.29, 1.82) is 0 Å². The molecule has 0 aromatic rings. The van der Waals surface area contributed by atoms with Gasteiger partial charge < -0.3 is 19.9 Å². The molecule has 2 N–H and O–H groups in total. The van der Waals surface area contributed by atoms with E-state index in [1.807, 2.05) is 13.8 Å². The predicted molar refractivity (Wildman–Crippen MR) is 75.2 cm³/mol. The summed E-state index contributed by atoms with van der Waals surface area (Å²) in [6, 6.07) is 0.570. The Bertz CT molecular complexity index is 319. The van der Waals surface area contributed by atoms with Crippen molar-refractivity contribution in [1.82, 2.24) is 5.32 Å². The first-order valence-corrected chi connectivity index (χ1v) is 7.49. The van der Waals surface area contributed by atoms with Crippen molar-refractivity contribution >= 4 is 0 Å². The van der Waals surface area contributed by atoms with E-state index in [4.69, 9.17) is 9.47 Å². The molecule has 1 heterocycles. The summed E-state index contributed by atoms with van der Waals surface area (Å²) in [7, 11) is 1.69. The van der Waals surface area contributed by atoms with Gasteiger partial charge in [0.05, 0.1) is 17.8 Å². The van der Waals surface area contributed by atoms with E-state index in [9.17, 15) is 5.11 Å². The van der Waals surface area contributed by atoms with E-state index in [2.05, 4.69) is 19.2 Å². The summed E-state index contributed by atoms with van der Waals surface area (Å²) in [6.07, 6.45) is 3.06. The third-order valence-electron chi connectivity index (χ3n) is 4.99. The Kier molecular flexibility index (Phi) is 4.26. The number of aliphatic hydroxyl groups is 1. The standard InChI is InChI=1S/C15H29NO3/c1-10(2)13-8-14(4,18-5)15(17,11(3)19-13)9-16-12-6-7-12/h10-13,16-17H,6-9H2,1-5H3/t11-,13+,14+,15-/m0/s1. The average Bonchev–Trinajstić information content (AvgIpc) is 3.17. The smallest absolute Gasteiger partial charge is 0.131 e. The third kappa shape index (κ3) is 2.82. The number of hydrogen-bond acceptors (Lipinski definition) is 4. The first kappa shape index (κ1) is 15.2. The average molecular weight is 271 g/mol. The summed E-state index contributed by atoms with van der Waals surface area (Å²) in [5.41, 5.74) is -1.54. The van der Waals surface area contributed by atoms with E-state index < -0.39 is 11.2 Å². The molecule has 2 fully saturated rings. The lowest BCUT2D eigenvalue weighted by Gasteiger charge is -2.54. The van der Waals surface area contributed by atoms with Crippen LogP contribution in [0.3, 0.4) is 0 Å². The van der Waals surface area contributed by atoms with Crippen LogP contribution in [0.5, 0.6) is 0 Å². The number of ether oxygens (including phenoxy) is 2. The lowest BCUT2D eigenvalue weighted by molar-refractivity contribution is -0.274. The summed E-state index contributed by atoms with van der Waals surface area (Å²) in [5, 5.41) is 14.5. The van der Waals surface area contributed by atoms with Gasteiger partial charge in [0, 0.05) is 26.1 Å². The van der Waals surface area contributed by atoms with Crippen molar-refractivity contribution in [2.45, 2.75) is 76.4 Å². The van der Waals surface area contributed by atoms with Crippen LogP contribution >= 0.6 is 0 Å². The van der Waals surface area contributed by atoms with Gasteiger partial charge in [0.15, 0.2) is 0 Å². The Labute approximate surface area is 116 Å². The molecule has 4 heteroatoms. The molecule has 1 aliphatic carbocycles. The van der Waals surface area contributed by atoms with E-state index in [1.54, 1.807) is 7.11 Å². The summed E-state index contributed by atoms with van der Waals surface area (Å²) >= 11 is 0. The van der Waals surface area contributed by atoms with Crippen LogP contribution in [0.25, 0.3) is 0 Å². The monoisotopic (exact) mass is 271 g/mol. The maximum Gasteiger partial charge on any atom is 0.131 e. The zero-order chi connectivity index (χ0) is 14.3.